The third kappa shape index (κ3) is 5.24. The predicted octanol–water partition coefficient (Wildman–Crippen LogP) is 3.02. The molecule has 0 unspecified atom stereocenters. The van der Waals surface area contributed by atoms with Gasteiger partial charge in [-0.1, -0.05) is 25.1 Å². The van der Waals surface area contributed by atoms with Crippen LogP contribution in [0.2, 0.25) is 0 Å². The third-order valence-electron chi connectivity index (χ3n) is 3.80. The van der Waals surface area contributed by atoms with Crippen LogP contribution in [0.5, 0.6) is 0 Å². The lowest BCUT2D eigenvalue weighted by molar-refractivity contribution is -0.121. The monoisotopic (exact) mass is 414 g/mol. The Morgan fingerprint density at radius 1 is 1.00 bits per heavy atom. The number of anilines is 1. The number of hydrogen-bond acceptors (Lipinski definition) is 6. The lowest BCUT2D eigenvalue weighted by Crippen LogP contribution is -2.42. The molecule has 9 heteroatoms. The van der Waals surface area contributed by atoms with Crippen molar-refractivity contribution in [2.75, 3.05) is 5.32 Å². The first-order valence-corrected chi connectivity index (χ1v) is 10.3. The summed E-state index contributed by atoms with van der Waals surface area (Å²) < 4.78 is 0. The van der Waals surface area contributed by atoms with Gasteiger partial charge in [0, 0.05) is 10.9 Å². The predicted molar refractivity (Wildman–Crippen MR) is 110 cm³/mol. The molecule has 3 aromatic rings. The average molecular weight is 415 g/mol. The highest BCUT2D eigenvalue weighted by atomic mass is 32.1. The van der Waals surface area contributed by atoms with Gasteiger partial charge >= 0.3 is 0 Å². The number of carbonyl (C=O) groups excluding carboxylic acids is 3. The lowest BCUT2D eigenvalue weighted by Gasteiger charge is -2.07. The van der Waals surface area contributed by atoms with Crippen LogP contribution >= 0.6 is 22.7 Å². The summed E-state index contributed by atoms with van der Waals surface area (Å²) in [6.07, 6.45) is 0.877. The van der Waals surface area contributed by atoms with Crippen LogP contribution in [0.3, 0.4) is 0 Å². The maximum absolute atomic E-state index is 12.1. The van der Waals surface area contributed by atoms with Crippen molar-refractivity contribution in [1.82, 2.24) is 15.8 Å². The molecule has 0 aliphatic heterocycles. The van der Waals surface area contributed by atoms with E-state index in [1.54, 1.807) is 29.6 Å². The number of benzene rings is 1. The van der Waals surface area contributed by atoms with E-state index in [2.05, 4.69) is 21.2 Å². The second-order valence-corrected chi connectivity index (χ2v) is 7.61. The molecule has 0 aliphatic rings. The second-order valence-electron chi connectivity index (χ2n) is 5.80. The Labute approximate surface area is 169 Å². The van der Waals surface area contributed by atoms with Gasteiger partial charge in [-0.05, 0) is 35.6 Å². The van der Waals surface area contributed by atoms with E-state index in [-0.39, 0.29) is 12.3 Å². The van der Waals surface area contributed by atoms with Gasteiger partial charge < -0.3 is 0 Å². The van der Waals surface area contributed by atoms with Gasteiger partial charge in [0.05, 0.1) is 17.0 Å². The number of hydrogen-bond donors (Lipinski definition) is 3. The van der Waals surface area contributed by atoms with E-state index in [9.17, 15) is 14.4 Å². The van der Waals surface area contributed by atoms with Gasteiger partial charge in [-0.15, -0.1) is 22.7 Å². The van der Waals surface area contributed by atoms with Crippen LogP contribution in [0.15, 0.2) is 47.2 Å². The Kier molecular flexibility index (Phi) is 6.51. The molecule has 0 radical (unpaired) electrons. The summed E-state index contributed by atoms with van der Waals surface area (Å²) in [6, 6.07) is 10.7. The minimum Gasteiger partial charge on any atom is -0.297 e. The highest BCUT2D eigenvalue weighted by molar-refractivity contribution is 7.14. The van der Waals surface area contributed by atoms with Gasteiger partial charge in [0.1, 0.15) is 0 Å². The van der Waals surface area contributed by atoms with Crippen LogP contribution in [0.4, 0.5) is 5.13 Å². The molecule has 28 heavy (non-hydrogen) atoms. The smallest absolute Gasteiger partial charge is 0.269 e. The van der Waals surface area contributed by atoms with Crippen LogP contribution < -0.4 is 16.2 Å². The van der Waals surface area contributed by atoms with Crippen LogP contribution in [0.25, 0.3) is 0 Å². The molecule has 0 spiro atoms. The Morgan fingerprint density at radius 3 is 2.46 bits per heavy atom. The molecule has 144 valence electrons. The number of rotatable bonds is 6. The third-order valence-corrected chi connectivity index (χ3v) is 5.47. The van der Waals surface area contributed by atoms with E-state index in [4.69, 9.17) is 0 Å². The maximum atomic E-state index is 12.1. The van der Waals surface area contributed by atoms with Crippen LogP contribution in [-0.2, 0) is 17.6 Å². The number of thiophene rings is 1. The van der Waals surface area contributed by atoms with E-state index in [0.29, 0.717) is 21.3 Å². The van der Waals surface area contributed by atoms with E-state index >= 15 is 0 Å². The van der Waals surface area contributed by atoms with Crippen LogP contribution in [0.1, 0.15) is 38.2 Å². The summed E-state index contributed by atoms with van der Waals surface area (Å²) in [4.78, 5) is 40.9. The van der Waals surface area contributed by atoms with Gasteiger partial charge in [0.25, 0.3) is 11.8 Å². The minimum absolute atomic E-state index is 0.0135. The number of nitrogens with zero attached hydrogens (tertiary/aromatic N) is 1. The number of thiazole rings is 1. The summed E-state index contributed by atoms with van der Waals surface area (Å²) in [7, 11) is 0. The summed E-state index contributed by atoms with van der Waals surface area (Å²) >= 11 is 2.57. The second kappa shape index (κ2) is 9.25. The number of hydrazine groups is 1. The number of amides is 3. The van der Waals surface area contributed by atoms with Crippen LogP contribution in [0, 0.1) is 0 Å². The van der Waals surface area contributed by atoms with Gasteiger partial charge in [0.2, 0.25) is 5.91 Å². The topological polar surface area (TPSA) is 100 Å². The van der Waals surface area contributed by atoms with E-state index in [0.717, 1.165) is 12.0 Å². The van der Waals surface area contributed by atoms with Crippen molar-refractivity contribution < 1.29 is 14.4 Å². The van der Waals surface area contributed by atoms with E-state index < -0.39 is 11.8 Å². The zero-order chi connectivity index (χ0) is 19.9. The molecular weight excluding hydrogens is 396 g/mol. The highest BCUT2D eigenvalue weighted by Crippen LogP contribution is 2.18. The molecule has 0 saturated carbocycles. The number of aromatic nitrogens is 1. The fourth-order valence-corrected chi connectivity index (χ4v) is 3.64. The molecule has 3 N–H and O–H groups in total. The van der Waals surface area contributed by atoms with Crippen molar-refractivity contribution >= 4 is 45.5 Å². The Hall–Kier alpha value is -3.04. The standard InChI is InChI=1S/C19H18N4O3S2/c1-2-12-5-7-13(8-6-12)17(25)23-22-16(24)10-14-11-28-19(20-14)21-18(26)15-4-3-9-27-15/h3-9,11H,2,10H2,1H3,(H,22,24)(H,23,25)(H,20,21,26). The molecule has 1 aromatic carbocycles. The molecule has 2 aromatic heterocycles. The Morgan fingerprint density at radius 2 is 1.79 bits per heavy atom. The van der Waals surface area contributed by atoms with Crippen molar-refractivity contribution in [3.8, 4) is 0 Å². The van der Waals surface area contributed by atoms with Gasteiger partial charge in [0.15, 0.2) is 5.13 Å². The first-order chi connectivity index (χ1) is 13.5. The first kappa shape index (κ1) is 19.7. The summed E-state index contributed by atoms with van der Waals surface area (Å²) in [6.45, 7) is 2.03. The van der Waals surface area contributed by atoms with Crippen molar-refractivity contribution in [2.24, 2.45) is 0 Å². The van der Waals surface area contributed by atoms with Crippen molar-refractivity contribution in [1.29, 1.82) is 0 Å². The highest BCUT2D eigenvalue weighted by Gasteiger charge is 2.13. The fourth-order valence-electron chi connectivity index (χ4n) is 2.31. The quantitative estimate of drug-likeness (QED) is 0.540. The summed E-state index contributed by atoms with van der Waals surface area (Å²) in [5.41, 5.74) is 6.85. The molecular formula is C19H18N4O3S2. The fraction of sp³-hybridized carbons (Fsp3) is 0.158. The Bertz CT molecular complexity index is 965. The molecule has 3 amide bonds. The van der Waals surface area contributed by atoms with Crippen LogP contribution in [-0.4, -0.2) is 22.7 Å². The van der Waals surface area contributed by atoms with Crippen molar-refractivity contribution in [3.63, 3.8) is 0 Å². The van der Waals surface area contributed by atoms with Crippen molar-refractivity contribution in [2.45, 2.75) is 19.8 Å². The lowest BCUT2D eigenvalue weighted by atomic mass is 10.1. The minimum atomic E-state index is -0.403. The molecule has 3 rings (SSSR count). The first-order valence-electron chi connectivity index (χ1n) is 8.52. The number of carbonyl (C=O) groups is 3. The van der Waals surface area contributed by atoms with E-state index in [1.807, 2.05) is 24.4 Å². The van der Waals surface area contributed by atoms with Gasteiger partial charge in [-0.2, -0.15) is 0 Å². The molecule has 7 nitrogen and oxygen atoms in total. The SMILES string of the molecule is CCc1ccc(C(=O)NNC(=O)Cc2csc(NC(=O)c3cccs3)n2)cc1. The van der Waals surface area contributed by atoms with Gasteiger partial charge in [-0.3, -0.25) is 30.6 Å². The zero-order valence-corrected chi connectivity index (χ0v) is 16.7. The van der Waals surface area contributed by atoms with Crippen molar-refractivity contribution in [3.05, 3.63) is 68.9 Å². The maximum Gasteiger partial charge on any atom is 0.269 e. The van der Waals surface area contributed by atoms with E-state index in [1.165, 1.54) is 22.7 Å². The molecule has 0 saturated heterocycles. The zero-order valence-electron chi connectivity index (χ0n) is 15.0. The number of nitrogens with one attached hydrogen (secondary N) is 3. The molecule has 0 bridgehead atoms. The number of aryl methyl sites for hydroxylation is 1. The molecule has 0 aliphatic carbocycles. The average Bonchev–Trinajstić information content (AvgIpc) is 3.38. The molecule has 0 atom stereocenters. The largest absolute Gasteiger partial charge is 0.297 e. The molecule has 2 heterocycles. The molecule has 0 fully saturated rings. The Balaban J connectivity index is 1.47. The summed E-state index contributed by atoms with van der Waals surface area (Å²) in [5.74, 6) is -1.03. The summed E-state index contributed by atoms with van der Waals surface area (Å²) in [5, 5.41) is 6.62. The van der Waals surface area contributed by atoms with Gasteiger partial charge in [-0.25, -0.2) is 4.98 Å². The normalized spacial score (nSPS) is 10.3.